The molecule has 3 aromatic carbocycles. The second-order valence-electron chi connectivity index (χ2n) is 21.8. The monoisotopic (exact) mass is 1310 g/mol. The molecule has 13 atom stereocenters. The average Bonchev–Trinajstić information content (AvgIpc) is 0.681. The number of hydrogen-bond donors (Lipinski definition) is 7. The summed E-state index contributed by atoms with van der Waals surface area (Å²) in [5, 5.41) is 41.5. The Bertz CT molecular complexity index is 3110. The van der Waals surface area contributed by atoms with Gasteiger partial charge in [-0.1, -0.05) is 102 Å². The third-order valence-corrected chi connectivity index (χ3v) is 19.3. The molecule has 0 aromatic heterocycles. The summed E-state index contributed by atoms with van der Waals surface area (Å²) < 4.78 is 77.9. The zero-order valence-corrected chi connectivity index (χ0v) is 52.2. The second-order valence-corrected chi connectivity index (χ2v) is 26.0. The van der Waals surface area contributed by atoms with Gasteiger partial charge in [0.15, 0.2) is 17.5 Å². The number of ketones is 1. The van der Waals surface area contributed by atoms with Crippen LogP contribution in [0.2, 0.25) is 0 Å². The zero-order chi connectivity index (χ0) is 64.4. The van der Waals surface area contributed by atoms with E-state index in [1.54, 1.807) is 66.7 Å². The number of alkyl carbamates (subject to hydrolysis) is 1. The van der Waals surface area contributed by atoms with Gasteiger partial charge in [-0.2, -0.15) is 0 Å². The Morgan fingerprint density at radius 2 is 1.39 bits per heavy atom. The number of aliphatic hydroxyl groups is 3. The van der Waals surface area contributed by atoms with E-state index >= 15 is 9.59 Å². The van der Waals surface area contributed by atoms with Crippen molar-refractivity contribution in [2.45, 2.75) is 127 Å². The van der Waals surface area contributed by atoms with Gasteiger partial charge >= 0.3 is 52.6 Å². The number of aliphatic hydroxyl groups excluding tert-OH is 1. The molecular formula is C57H70N2O25P2S2. The fourth-order valence-corrected chi connectivity index (χ4v) is 14.4. The van der Waals surface area contributed by atoms with Crippen LogP contribution in [0.4, 0.5) is 9.59 Å². The topological polar surface area (TPSA) is 388 Å². The Morgan fingerprint density at radius 1 is 0.807 bits per heavy atom. The number of carbonyl (C=O) groups is 8. The lowest BCUT2D eigenvalue weighted by molar-refractivity contribution is -0.346. The van der Waals surface area contributed by atoms with Gasteiger partial charge < -0.3 is 73.6 Å². The first-order valence-corrected chi connectivity index (χ1v) is 32.7. The van der Waals surface area contributed by atoms with Gasteiger partial charge in [-0.25, -0.2) is 19.2 Å². The first kappa shape index (κ1) is 69.3. The van der Waals surface area contributed by atoms with Gasteiger partial charge in [0.25, 0.3) is 11.9 Å². The lowest BCUT2D eigenvalue weighted by Crippen LogP contribution is -2.82. The van der Waals surface area contributed by atoms with E-state index < -0.39 is 160 Å². The first-order chi connectivity index (χ1) is 41.6. The normalized spacial score (nSPS) is 27.2. The molecule has 1 aliphatic heterocycles. The van der Waals surface area contributed by atoms with E-state index in [0.29, 0.717) is 0 Å². The molecule has 3 fully saturated rings. The Balaban J connectivity index is 1.17. The van der Waals surface area contributed by atoms with Gasteiger partial charge in [0.05, 0.1) is 29.6 Å². The molecule has 4 aliphatic rings. The van der Waals surface area contributed by atoms with Crippen LogP contribution in [0, 0.1) is 16.7 Å². The third kappa shape index (κ3) is 15.7. The van der Waals surface area contributed by atoms with Crippen LogP contribution in [0.25, 0.3) is 0 Å². The number of amides is 2. The molecule has 3 aromatic rings. The summed E-state index contributed by atoms with van der Waals surface area (Å²) >= 11 is 0. The van der Waals surface area contributed by atoms with Crippen LogP contribution in [0.15, 0.2) is 102 Å². The minimum absolute atomic E-state index is 0.000618. The number of esters is 4. The number of benzene rings is 3. The molecule has 7 rings (SSSR count). The maximum atomic E-state index is 15.8. The van der Waals surface area contributed by atoms with Crippen LogP contribution >= 0.6 is 38.1 Å². The van der Waals surface area contributed by atoms with Gasteiger partial charge in [0.2, 0.25) is 6.10 Å². The minimum Gasteiger partial charge on any atom is -0.455 e. The highest BCUT2D eigenvalue weighted by Gasteiger charge is 2.78. The number of hydrogen-bond acceptors (Lipinski definition) is 25. The predicted octanol–water partition coefficient (Wildman–Crippen LogP) is 5.23. The summed E-state index contributed by atoms with van der Waals surface area (Å²) in [5.41, 5.74) is -8.05. The first-order valence-electron chi connectivity index (χ1n) is 27.6. The largest absolute Gasteiger partial charge is 0.509 e. The van der Waals surface area contributed by atoms with Crippen LogP contribution in [0.1, 0.15) is 99.5 Å². The molecule has 480 valence electrons. The summed E-state index contributed by atoms with van der Waals surface area (Å²) in [6.07, 6.45) is -14.4. The van der Waals surface area contributed by atoms with E-state index in [0.717, 1.165) is 13.8 Å². The average molecular weight is 1310 g/mol. The fraction of sp³-hybridized carbons (Fsp3) is 0.509. The Kier molecular flexibility index (Phi) is 23.3. The van der Waals surface area contributed by atoms with Crippen LogP contribution in [0.5, 0.6) is 0 Å². The van der Waals surface area contributed by atoms with Crippen molar-refractivity contribution in [3.8, 4) is 0 Å². The van der Waals surface area contributed by atoms with E-state index in [2.05, 4.69) is 19.7 Å². The van der Waals surface area contributed by atoms with E-state index in [1.807, 2.05) is 0 Å². The van der Waals surface area contributed by atoms with Crippen LogP contribution in [-0.2, 0) is 75.3 Å². The van der Waals surface area contributed by atoms with E-state index in [-0.39, 0.29) is 71.9 Å². The number of nitrogens with one attached hydrogen (secondary N) is 2. The number of ether oxygens (including phenoxy) is 8. The highest BCUT2D eigenvalue weighted by molar-refractivity contribution is 8.76. The summed E-state index contributed by atoms with van der Waals surface area (Å²) in [5.74, 6) is -9.98. The number of carbonyl (C=O) groups excluding carboxylic acids is 8. The molecule has 3 aliphatic carbocycles. The van der Waals surface area contributed by atoms with Gasteiger partial charge in [0, 0.05) is 62.1 Å². The van der Waals surface area contributed by atoms with Crippen molar-refractivity contribution < 1.29 is 120 Å². The molecule has 0 spiro atoms. The lowest BCUT2D eigenvalue weighted by atomic mass is 9.44. The SMILES string of the molecule is CC(=O)O[C@H]1C(=O)[C@@]2(C)[C@H]([C@H](OC(=O)c3ccccc3)[C@]3(O)C[C@H](OC(=O)[C@H](OC(=O)OCCSSCCOC(=O)NCCCC(O)(O[PH](=O)O)O[PH](=O)O)[C@@H](NC(=O)c4ccccc4)c4ccccc4)C(C)=C1C3(C)C)[C@]1(OC(C)=O)CO[C@@H]1C[C@@H]2O. The van der Waals surface area contributed by atoms with E-state index in [1.165, 1.54) is 73.5 Å². The quantitative estimate of drug-likeness (QED) is 0.0103. The lowest BCUT2D eigenvalue weighted by Gasteiger charge is -2.67. The molecule has 31 heteroatoms. The molecule has 2 saturated carbocycles. The fourth-order valence-electron chi connectivity index (χ4n) is 11.8. The number of rotatable bonds is 26. The van der Waals surface area contributed by atoms with Crippen molar-refractivity contribution >= 4 is 85.9 Å². The smallest absolute Gasteiger partial charge is 0.455 e. The molecule has 27 nitrogen and oxygen atoms in total. The number of Topliss-reactive ketones (excluding diaryl/α,β-unsaturated/α-hetero) is 1. The van der Waals surface area contributed by atoms with Crippen molar-refractivity contribution in [3.63, 3.8) is 0 Å². The zero-order valence-electron chi connectivity index (χ0n) is 48.6. The Hall–Kier alpha value is -6.20. The Labute approximate surface area is 514 Å². The van der Waals surface area contributed by atoms with Crippen molar-refractivity contribution in [1.29, 1.82) is 0 Å². The van der Waals surface area contributed by atoms with Crippen LogP contribution in [0.3, 0.4) is 0 Å². The highest BCUT2D eigenvalue weighted by atomic mass is 33.1. The molecular weight excluding hydrogens is 1240 g/mol. The van der Waals surface area contributed by atoms with Gasteiger partial charge in [-0.3, -0.25) is 37.4 Å². The Morgan fingerprint density at radius 3 is 1.94 bits per heavy atom. The maximum Gasteiger partial charge on any atom is 0.509 e. The second kappa shape index (κ2) is 29.6. The van der Waals surface area contributed by atoms with Crippen LogP contribution < -0.4 is 10.6 Å². The molecule has 1 heterocycles. The van der Waals surface area contributed by atoms with Crippen molar-refractivity contribution in [3.05, 3.63) is 119 Å². The van der Waals surface area contributed by atoms with Crippen molar-refractivity contribution in [2.75, 3.05) is 37.9 Å². The molecule has 88 heavy (non-hydrogen) atoms. The van der Waals surface area contributed by atoms with E-state index in [4.69, 9.17) is 47.7 Å². The van der Waals surface area contributed by atoms with Crippen molar-refractivity contribution in [1.82, 2.24) is 10.6 Å². The van der Waals surface area contributed by atoms with Crippen molar-refractivity contribution in [2.24, 2.45) is 16.7 Å². The third-order valence-electron chi connectivity index (χ3n) is 16.0. The highest BCUT2D eigenvalue weighted by Crippen LogP contribution is 2.64. The summed E-state index contributed by atoms with van der Waals surface area (Å²) in [7, 11) is -5.15. The maximum absolute atomic E-state index is 15.8. The molecule has 1 saturated heterocycles. The van der Waals surface area contributed by atoms with Gasteiger partial charge in [-0.15, -0.1) is 0 Å². The molecule has 2 unspecified atom stereocenters. The number of fused-ring (bicyclic) bond motifs is 5. The van der Waals surface area contributed by atoms with E-state index in [9.17, 15) is 53.2 Å². The summed E-state index contributed by atoms with van der Waals surface area (Å²) in [4.78, 5) is 130. The molecule has 7 N–H and O–H groups in total. The summed E-state index contributed by atoms with van der Waals surface area (Å²) in [6.45, 7) is 7.01. The van der Waals surface area contributed by atoms with Gasteiger partial charge in [-0.05, 0) is 61.2 Å². The summed E-state index contributed by atoms with van der Waals surface area (Å²) in [6, 6.07) is 21.9. The minimum atomic E-state index is -3.77. The van der Waals surface area contributed by atoms with Gasteiger partial charge in [0.1, 0.15) is 43.2 Å². The standard InChI is InChI=1S/C57H70N2O25P2S2/c1-32-38(30-56(69)47(81-49(65)37-21-14-9-15-22-37)45-54(6,39(62)29-40-55(45,31-77-40)82-34(3)61)46(63)43(78-33(2)60)41(32)53(56,4)5)79-50(66)44(42(35-17-10-7-11-18-35)59-48(64)36-19-12-8-13-20-36)80-52(68)76-26-28-88-87-27-25-75-51(67)58-24-16-23-57(70,83-85(71)72)84-86(73)74/h7-15,17-22,38-40,42-45,47,62,69-70,85-86H,16,23-31H2,1-6H3,(H,58,67)(H,59,64)(H,71,72)(H,73,74)/t38-,39-,40+,42-,43+,44+,45-,47-,54+,55-,56+/m0/s1. The molecule has 0 radical (unpaired) electrons. The molecule has 2 amide bonds. The van der Waals surface area contributed by atoms with Crippen LogP contribution in [-0.4, -0.2) is 165 Å². The predicted molar refractivity (Wildman–Crippen MR) is 311 cm³/mol. The molecule has 2 bridgehead atoms.